The van der Waals surface area contributed by atoms with Crippen LogP contribution in [0.2, 0.25) is 0 Å². The van der Waals surface area contributed by atoms with Crippen molar-refractivity contribution >= 4 is 17.9 Å². The van der Waals surface area contributed by atoms with Crippen molar-refractivity contribution in [3.8, 4) is 0 Å². The molecule has 0 bridgehead atoms. The van der Waals surface area contributed by atoms with Gasteiger partial charge in [-0.1, -0.05) is 353 Å². The molecule has 6 heteroatoms. The van der Waals surface area contributed by atoms with Crippen LogP contribution >= 0.6 is 0 Å². The lowest BCUT2D eigenvalue weighted by molar-refractivity contribution is -0.167. The van der Waals surface area contributed by atoms with Crippen molar-refractivity contribution in [2.45, 2.75) is 393 Å². The summed E-state index contributed by atoms with van der Waals surface area (Å²) in [5, 5.41) is 0. The zero-order valence-corrected chi connectivity index (χ0v) is 52.7. The summed E-state index contributed by atoms with van der Waals surface area (Å²) in [4.78, 5) is 38.3. The number of hydrogen-bond donors (Lipinski definition) is 0. The number of rotatable bonds is 65. The number of ether oxygens (including phenoxy) is 3. The lowest BCUT2D eigenvalue weighted by atomic mass is 10.0. The van der Waals surface area contributed by atoms with Crippen molar-refractivity contribution in [2.75, 3.05) is 13.2 Å². The average molecular weight is 1100 g/mol. The van der Waals surface area contributed by atoms with Crippen LogP contribution < -0.4 is 0 Å². The lowest BCUT2D eigenvalue weighted by Gasteiger charge is -2.18. The molecule has 0 rings (SSSR count). The Kier molecular flexibility index (Phi) is 65.1. The molecule has 458 valence electrons. The lowest BCUT2D eigenvalue weighted by Crippen LogP contribution is -2.30. The van der Waals surface area contributed by atoms with Gasteiger partial charge in [0.2, 0.25) is 0 Å². The van der Waals surface area contributed by atoms with Crippen LogP contribution in [0.25, 0.3) is 0 Å². The SMILES string of the molecule is CC/C=C\C/C=C\C/C=C\CCCCCC(=O)OCC(COC(=O)CCCCCCCCCCCCCCCCCCCCCCCCCCCCCCCCCCC)OC(=O)CCCCCCCCCCCCCCCC. The molecule has 0 aliphatic carbocycles. The highest BCUT2D eigenvalue weighted by molar-refractivity contribution is 5.71. The highest BCUT2D eigenvalue weighted by atomic mass is 16.6. The van der Waals surface area contributed by atoms with Gasteiger partial charge in [0, 0.05) is 19.3 Å². The molecule has 0 fully saturated rings. The molecule has 0 radical (unpaired) electrons. The first-order valence-corrected chi connectivity index (χ1v) is 35.0. The van der Waals surface area contributed by atoms with Crippen molar-refractivity contribution in [1.82, 2.24) is 0 Å². The molecular formula is C72H134O6. The predicted octanol–water partition coefficient (Wildman–Crippen LogP) is 23.9. The predicted molar refractivity (Wildman–Crippen MR) is 339 cm³/mol. The molecule has 1 unspecified atom stereocenters. The summed E-state index contributed by atoms with van der Waals surface area (Å²) in [6, 6.07) is 0. The Balaban J connectivity index is 4.05. The van der Waals surface area contributed by atoms with Crippen LogP contribution in [-0.2, 0) is 28.6 Å². The van der Waals surface area contributed by atoms with Gasteiger partial charge >= 0.3 is 17.9 Å². The van der Waals surface area contributed by atoms with Crippen LogP contribution in [0.15, 0.2) is 36.5 Å². The Morgan fingerprint density at radius 3 is 0.782 bits per heavy atom. The highest BCUT2D eigenvalue weighted by Gasteiger charge is 2.19. The molecule has 0 saturated carbocycles. The van der Waals surface area contributed by atoms with E-state index in [1.54, 1.807) is 0 Å². The smallest absolute Gasteiger partial charge is 0.306 e. The van der Waals surface area contributed by atoms with E-state index in [9.17, 15) is 14.4 Å². The van der Waals surface area contributed by atoms with Crippen LogP contribution in [0.3, 0.4) is 0 Å². The third kappa shape index (κ3) is 64.5. The van der Waals surface area contributed by atoms with Crippen LogP contribution in [0.5, 0.6) is 0 Å². The zero-order valence-electron chi connectivity index (χ0n) is 52.7. The average Bonchev–Trinajstić information content (AvgIpc) is 3.44. The topological polar surface area (TPSA) is 78.9 Å². The van der Waals surface area contributed by atoms with E-state index in [-0.39, 0.29) is 31.1 Å². The van der Waals surface area contributed by atoms with E-state index in [2.05, 4.69) is 57.2 Å². The molecule has 0 aromatic heterocycles. The molecule has 0 spiro atoms. The van der Waals surface area contributed by atoms with E-state index in [0.717, 1.165) is 83.5 Å². The summed E-state index contributed by atoms with van der Waals surface area (Å²) in [7, 11) is 0. The Morgan fingerprint density at radius 1 is 0.269 bits per heavy atom. The van der Waals surface area contributed by atoms with Crippen LogP contribution in [0, 0.1) is 0 Å². The maximum absolute atomic E-state index is 12.9. The van der Waals surface area contributed by atoms with Crippen LogP contribution in [0.1, 0.15) is 387 Å². The summed E-state index contributed by atoms with van der Waals surface area (Å²) in [6.07, 6.45) is 83.5. The quantitative estimate of drug-likeness (QED) is 0.0261. The zero-order chi connectivity index (χ0) is 56.4. The second-order valence-corrected chi connectivity index (χ2v) is 23.8. The molecule has 0 heterocycles. The van der Waals surface area contributed by atoms with Crippen LogP contribution in [0.4, 0.5) is 0 Å². The summed E-state index contributed by atoms with van der Waals surface area (Å²) >= 11 is 0. The van der Waals surface area contributed by atoms with Crippen molar-refractivity contribution in [3.05, 3.63) is 36.5 Å². The molecule has 6 nitrogen and oxygen atoms in total. The fourth-order valence-corrected chi connectivity index (χ4v) is 10.7. The number of unbranched alkanes of at least 4 members (excludes halogenated alkanes) is 48. The molecule has 0 aliphatic heterocycles. The van der Waals surface area contributed by atoms with Gasteiger partial charge in [-0.2, -0.15) is 0 Å². The fourth-order valence-electron chi connectivity index (χ4n) is 10.7. The van der Waals surface area contributed by atoms with E-state index >= 15 is 0 Å². The molecule has 78 heavy (non-hydrogen) atoms. The van der Waals surface area contributed by atoms with Gasteiger partial charge < -0.3 is 14.2 Å². The summed E-state index contributed by atoms with van der Waals surface area (Å²) in [5.41, 5.74) is 0. The Labute approximate surface area is 486 Å². The minimum absolute atomic E-state index is 0.0762. The summed E-state index contributed by atoms with van der Waals surface area (Å²) in [6.45, 7) is 6.57. The first-order chi connectivity index (χ1) is 38.5. The normalized spacial score (nSPS) is 12.2. The number of carbonyl (C=O) groups excluding carboxylic acids is 3. The molecule has 0 N–H and O–H groups in total. The third-order valence-corrected chi connectivity index (χ3v) is 15.9. The summed E-state index contributed by atoms with van der Waals surface area (Å²) < 4.78 is 16.9. The molecule has 0 amide bonds. The first-order valence-electron chi connectivity index (χ1n) is 35.0. The molecule has 0 aromatic rings. The van der Waals surface area contributed by atoms with Gasteiger partial charge in [-0.15, -0.1) is 0 Å². The number of esters is 3. The molecule has 0 aliphatic rings. The Bertz CT molecular complexity index is 1300. The van der Waals surface area contributed by atoms with Crippen molar-refractivity contribution in [3.63, 3.8) is 0 Å². The number of allylic oxidation sites excluding steroid dienone is 6. The van der Waals surface area contributed by atoms with E-state index < -0.39 is 6.10 Å². The van der Waals surface area contributed by atoms with Crippen molar-refractivity contribution < 1.29 is 28.6 Å². The largest absolute Gasteiger partial charge is 0.462 e. The second kappa shape index (κ2) is 67.1. The van der Waals surface area contributed by atoms with E-state index in [1.165, 1.54) is 263 Å². The molecular weight excluding hydrogens is 961 g/mol. The van der Waals surface area contributed by atoms with Gasteiger partial charge in [-0.25, -0.2) is 0 Å². The van der Waals surface area contributed by atoms with E-state index in [1.807, 2.05) is 0 Å². The Morgan fingerprint density at radius 2 is 0.500 bits per heavy atom. The van der Waals surface area contributed by atoms with E-state index in [4.69, 9.17) is 14.2 Å². The van der Waals surface area contributed by atoms with Crippen LogP contribution in [-0.4, -0.2) is 37.2 Å². The van der Waals surface area contributed by atoms with Gasteiger partial charge in [0.25, 0.3) is 0 Å². The van der Waals surface area contributed by atoms with Gasteiger partial charge in [-0.05, 0) is 51.4 Å². The summed E-state index contributed by atoms with van der Waals surface area (Å²) in [5.74, 6) is -0.882. The number of carbonyl (C=O) groups is 3. The maximum Gasteiger partial charge on any atom is 0.306 e. The fraction of sp³-hybridized carbons (Fsp3) is 0.875. The van der Waals surface area contributed by atoms with Gasteiger partial charge in [-0.3, -0.25) is 14.4 Å². The maximum atomic E-state index is 12.9. The molecule has 0 saturated heterocycles. The van der Waals surface area contributed by atoms with Crippen molar-refractivity contribution in [2.24, 2.45) is 0 Å². The van der Waals surface area contributed by atoms with E-state index in [0.29, 0.717) is 19.3 Å². The second-order valence-electron chi connectivity index (χ2n) is 23.8. The third-order valence-electron chi connectivity index (χ3n) is 15.9. The monoisotopic (exact) mass is 1100 g/mol. The van der Waals surface area contributed by atoms with Gasteiger partial charge in [0.05, 0.1) is 0 Å². The van der Waals surface area contributed by atoms with Gasteiger partial charge in [0.15, 0.2) is 6.10 Å². The molecule has 1 atom stereocenters. The first kappa shape index (κ1) is 75.6. The van der Waals surface area contributed by atoms with Crippen molar-refractivity contribution in [1.29, 1.82) is 0 Å². The number of hydrogen-bond acceptors (Lipinski definition) is 6. The minimum Gasteiger partial charge on any atom is -0.462 e. The molecule has 0 aromatic carbocycles. The standard InChI is InChI=1S/C72H134O6/c1-4-7-10-13-16-19-22-25-27-28-29-30-31-32-33-34-35-36-37-38-39-40-41-42-43-44-45-48-50-53-56-59-62-65-71(74)77-68-69(67-76-70(73)64-61-58-55-52-49-46-24-21-18-15-12-9-6-3)78-72(75)66-63-60-57-54-51-47-26-23-20-17-14-11-8-5-2/h9,12,18,21,46,49,69H,4-8,10-11,13-17,19-20,22-45,47-48,50-68H2,1-3H3/b12-9-,21-18-,49-46-. The Hall–Kier alpha value is -2.37. The minimum atomic E-state index is -0.781. The van der Waals surface area contributed by atoms with Gasteiger partial charge in [0.1, 0.15) is 13.2 Å². The highest BCUT2D eigenvalue weighted by Crippen LogP contribution is 2.19.